The van der Waals surface area contributed by atoms with Gasteiger partial charge in [-0.1, -0.05) is 6.58 Å². The minimum Gasteiger partial charge on any atom is -0.459 e. The van der Waals surface area contributed by atoms with Crippen molar-refractivity contribution in [3.63, 3.8) is 0 Å². The molecule has 124 valence electrons. The van der Waals surface area contributed by atoms with E-state index < -0.39 is 53.9 Å². The maximum Gasteiger partial charge on any atom is 0.426 e. The molecular formula is C13H12F6O3. The van der Waals surface area contributed by atoms with Crippen LogP contribution in [0.2, 0.25) is 0 Å². The largest absolute Gasteiger partial charge is 0.459 e. The molecule has 3 rings (SSSR count). The Morgan fingerprint density at radius 2 is 1.77 bits per heavy atom. The minimum absolute atomic E-state index is 0.0112. The fourth-order valence-corrected chi connectivity index (χ4v) is 4.19. The lowest BCUT2D eigenvalue weighted by Crippen LogP contribution is -2.76. The van der Waals surface area contributed by atoms with Gasteiger partial charge in [-0.15, -0.1) is 0 Å². The van der Waals surface area contributed by atoms with E-state index in [4.69, 9.17) is 4.74 Å². The summed E-state index contributed by atoms with van der Waals surface area (Å²) in [6.45, 7) is 3.20. The van der Waals surface area contributed by atoms with Crippen LogP contribution < -0.4 is 0 Å². The van der Waals surface area contributed by atoms with Crippen LogP contribution in [0, 0.1) is 17.8 Å². The van der Waals surface area contributed by atoms with Gasteiger partial charge in [-0.05, 0) is 18.8 Å². The van der Waals surface area contributed by atoms with Crippen molar-refractivity contribution in [2.24, 2.45) is 17.8 Å². The Balaban J connectivity index is 1.84. The van der Waals surface area contributed by atoms with Crippen LogP contribution in [0.1, 0.15) is 12.8 Å². The Bertz CT molecular complexity index is 495. The third-order valence-corrected chi connectivity index (χ3v) is 4.94. The van der Waals surface area contributed by atoms with Crippen molar-refractivity contribution in [1.29, 1.82) is 0 Å². The molecule has 2 bridgehead atoms. The highest BCUT2D eigenvalue weighted by atomic mass is 19.4. The smallest absolute Gasteiger partial charge is 0.426 e. The summed E-state index contributed by atoms with van der Waals surface area (Å²) in [5.74, 6) is -3.85. The van der Waals surface area contributed by atoms with Gasteiger partial charge in [0.2, 0.25) is 0 Å². The summed E-state index contributed by atoms with van der Waals surface area (Å²) in [7, 11) is 0. The minimum atomic E-state index is -5.52. The molecule has 1 saturated heterocycles. The SMILES string of the molecule is C=CC(=O)OC1CC2CC1C1OC(C(F)(F)F)(C(F)(F)F)C21. The van der Waals surface area contributed by atoms with Crippen molar-refractivity contribution in [2.45, 2.75) is 43.0 Å². The molecule has 3 aliphatic rings. The van der Waals surface area contributed by atoms with Crippen molar-refractivity contribution in [2.75, 3.05) is 0 Å². The highest BCUT2D eigenvalue weighted by Crippen LogP contribution is 2.69. The quantitative estimate of drug-likeness (QED) is 0.444. The predicted octanol–water partition coefficient (Wildman–Crippen LogP) is 3.00. The molecule has 2 saturated carbocycles. The number of hydrogen-bond donors (Lipinski definition) is 0. The first kappa shape index (κ1) is 15.6. The zero-order valence-electron chi connectivity index (χ0n) is 11.1. The summed E-state index contributed by atoms with van der Waals surface area (Å²) in [5.41, 5.74) is -4.09. The molecule has 0 amide bonds. The summed E-state index contributed by atoms with van der Waals surface area (Å²) >= 11 is 0. The average Bonchev–Trinajstić information content (AvgIpc) is 2.78. The standard InChI is InChI=1S/C13H12F6O3/c1-2-8(20)21-7-4-5-3-6(7)10-9(5)11(22-10,12(14,15)16)13(17,18)19/h2,5-7,9-10H,1,3-4H2. The van der Waals surface area contributed by atoms with E-state index in [0.717, 1.165) is 6.08 Å². The lowest BCUT2D eigenvalue weighted by Gasteiger charge is -2.57. The molecule has 0 N–H and O–H groups in total. The fourth-order valence-electron chi connectivity index (χ4n) is 4.19. The molecule has 1 aliphatic heterocycles. The van der Waals surface area contributed by atoms with Gasteiger partial charge < -0.3 is 9.47 Å². The highest BCUT2D eigenvalue weighted by molar-refractivity contribution is 5.81. The third-order valence-electron chi connectivity index (χ3n) is 4.94. The Hall–Kier alpha value is -1.25. The highest BCUT2D eigenvalue weighted by Gasteiger charge is 2.87. The molecule has 0 spiro atoms. The van der Waals surface area contributed by atoms with Gasteiger partial charge in [0.15, 0.2) is 0 Å². The summed E-state index contributed by atoms with van der Waals surface area (Å²) in [5, 5.41) is 0. The van der Waals surface area contributed by atoms with Crippen molar-refractivity contribution in [3.8, 4) is 0 Å². The number of fused-ring (bicyclic) bond motifs is 5. The molecule has 1 heterocycles. The Morgan fingerprint density at radius 3 is 2.23 bits per heavy atom. The van der Waals surface area contributed by atoms with Gasteiger partial charge in [-0.25, -0.2) is 4.79 Å². The van der Waals surface area contributed by atoms with Crippen LogP contribution in [0.15, 0.2) is 12.7 Å². The molecule has 0 aromatic rings. The molecule has 22 heavy (non-hydrogen) atoms. The molecule has 5 unspecified atom stereocenters. The second-order valence-corrected chi connectivity index (χ2v) is 5.91. The third kappa shape index (κ3) is 1.77. The number of hydrogen-bond acceptors (Lipinski definition) is 3. The van der Waals surface area contributed by atoms with Crippen LogP contribution in [0.3, 0.4) is 0 Å². The Labute approximate surface area is 121 Å². The normalized spacial score (nSPS) is 39.1. The van der Waals surface area contributed by atoms with Crippen LogP contribution in [-0.4, -0.2) is 36.1 Å². The first-order valence-electron chi connectivity index (χ1n) is 6.67. The van der Waals surface area contributed by atoms with Gasteiger partial charge in [0.25, 0.3) is 5.60 Å². The van der Waals surface area contributed by atoms with E-state index in [1.807, 2.05) is 0 Å². The number of ether oxygens (including phenoxy) is 2. The number of rotatable bonds is 2. The van der Waals surface area contributed by atoms with Crippen LogP contribution in [0.4, 0.5) is 26.3 Å². The molecule has 5 atom stereocenters. The van der Waals surface area contributed by atoms with Gasteiger partial charge in [0.05, 0.1) is 6.10 Å². The number of carbonyl (C=O) groups excluding carboxylic acids is 1. The van der Waals surface area contributed by atoms with Crippen molar-refractivity contribution in [1.82, 2.24) is 0 Å². The van der Waals surface area contributed by atoms with Crippen molar-refractivity contribution < 1.29 is 40.6 Å². The van der Waals surface area contributed by atoms with Crippen LogP contribution >= 0.6 is 0 Å². The monoisotopic (exact) mass is 330 g/mol. The lowest BCUT2D eigenvalue weighted by atomic mass is 9.67. The molecule has 0 radical (unpaired) electrons. The van der Waals surface area contributed by atoms with E-state index in [2.05, 4.69) is 11.3 Å². The van der Waals surface area contributed by atoms with Gasteiger partial charge in [0.1, 0.15) is 6.10 Å². The summed E-state index contributed by atoms with van der Waals surface area (Å²) in [6.07, 6.45) is -11.9. The summed E-state index contributed by atoms with van der Waals surface area (Å²) in [4.78, 5) is 11.2. The lowest BCUT2D eigenvalue weighted by molar-refractivity contribution is -0.472. The maximum absolute atomic E-state index is 13.0. The second kappa shape index (κ2) is 4.39. The molecule has 2 aliphatic carbocycles. The zero-order valence-corrected chi connectivity index (χ0v) is 11.1. The van der Waals surface area contributed by atoms with E-state index in [-0.39, 0.29) is 12.8 Å². The molecule has 0 aromatic carbocycles. The molecule has 3 nitrogen and oxygen atoms in total. The Morgan fingerprint density at radius 1 is 1.18 bits per heavy atom. The van der Waals surface area contributed by atoms with Crippen LogP contribution in [0.5, 0.6) is 0 Å². The molecule has 3 fully saturated rings. The number of halogens is 6. The van der Waals surface area contributed by atoms with Gasteiger partial charge in [0, 0.05) is 17.9 Å². The average molecular weight is 330 g/mol. The van der Waals surface area contributed by atoms with E-state index in [9.17, 15) is 31.1 Å². The summed E-state index contributed by atoms with van der Waals surface area (Å²) in [6, 6.07) is 0. The first-order chi connectivity index (χ1) is 10.0. The van der Waals surface area contributed by atoms with E-state index >= 15 is 0 Å². The number of carbonyl (C=O) groups is 1. The van der Waals surface area contributed by atoms with Crippen molar-refractivity contribution in [3.05, 3.63) is 12.7 Å². The predicted molar refractivity (Wildman–Crippen MR) is 59.5 cm³/mol. The number of esters is 1. The van der Waals surface area contributed by atoms with E-state index in [1.165, 1.54) is 0 Å². The Kier molecular flexibility index (Phi) is 3.12. The van der Waals surface area contributed by atoms with Gasteiger partial charge in [-0.2, -0.15) is 26.3 Å². The molecular weight excluding hydrogens is 318 g/mol. The number of alkyl halides is 6. The maximum atomic E-state index is 13.0. The first-order valence-corrected chi connectivity index (χ1v) is 6.67. The van der Waals surface area contributed by atoms with Crippen LogP contribution in [0.25, 0.3) is 0 Å². The molecule has 9 heteroatoms. The fraction of sp³-hybridized carbons (Fsp3) is 0.769. The van der Waals surface area contributed by atoms with E-state index in [0.29, 0.717) is 0 Å². The van der Waals surface area contributed by atoms with Gasteiger partial charge >= 0.3 is 18.3 Å². The van der Waals surface area contributed by atoms with Gasteiger partial charge in [-0.3, -0.25) is 0 Å². The van der Waals surface area contributed by atoms with E-state index in [1.54, 1.807) is 0 Å². The van der Waals surface area contributed by atoms with Crippen molar-refractivity contribution >= 4 is 5.97 Å². The second-order valence-electron chi connectivity index (χ2n) is 5.91. The summed E-state index contributed by atoms with van der Waals surface area (Å²) < 4.78 is 87.6. The van der Waals surface area contributed by atoms with Crippen LogP contribution in [-0.2, 0) is 14.3 Å². The zero-order chi connectivity index (χ0) is 16.5. The molecule has 0 aromatic heterocycles. The topological polar surface area (TPSA) is 35.5 Å².